The molecule has 1 N–H and O–H groups in total. The summed E-state index contributed by atoms with van der Waals surface area (Å²) in [5.74, 6) is 0.339. The Labute approximate surface area is 172 Å². The van der Waals surface area contributed by atoms with E-state index in [4.69, 9.17) is 4.74 Å². The van der Waals surface area contributed by atoms with Crippen molar-refractivity contribution in [1.82, 2.24) is 14.5 Å². The topological polar surface area (TPSA) is 61.9 Å². The molecule has 0 radical (unpaired) electrons. The van der Waals surface area contributed by atoms with Crippen molar-refractivity contribution >= 4 is 10.0 Å². The Bertz CT molecular complexity index is 927. The highest BCUT2D eigenvalue weighted by atomic mass is 32.2. The molecule has 2 aromatic carbocycles. The van der Waals surface area contributed by atoms with Gasteiger partial charge in [-0.2, -0.15) is 0 Å². The normalized spacial score (nSPS) is 17.2. The Balaban J connectivity index is 1.80. The van der Waals surface area contributed by atoms with E-state index in [2.05, 4.69) is 21.6 Å². The minimum Gasteiger partial charge on any atom is -0.496 e. The summed E-state index contributed by atoms with van der Waals surface area (Å²) in [6.07, 6.45) is 0. The quantitative estimate of drug-likeness (QED) is 0.744. The van der Waals surface area contributed by atoms with Crippen molar-refractivity contribution in [3.05, 3.63) is 59.4 Å². The minimum atomic E-state index is -3.69. The summed E-state index contributed by atoms with van der Waals surface area (Å²) in [7, 11) is -0.0631. The first-order valence-corrected chi connectivity index (χ1v) is 11.1. The zero-order chi connectivity index (χ0) is 21.0. The predicted octanol–water partition coefficient (Wildman–Crippen LogP) is 2.41. The molecule has 3 rings (SSSR count). The van der Waals surface area contributed by atoms with E-state index in [9.17, 15) is 12.8 Å². The number of nitrogens with one attached hydrogen (secondary N) is 1. The van der Waals surface area contributed by atoms with Crippen LogP contribution >= 0.6 is 0 Å². The molecule has 0 aromatic heterocycles. The number of piperazine rings is 1. The Morgan fingerprint density at radius 1 is 1.10 bits per heavy atom. The fraction of sp³-hybridized carbons (Fsp3) is 0.429. The largest absolute Gasteiger partial charge is 0.496 e. The van der Waals surface area contributed by atoms with E-state index in [1.54, 1.807) is 31.4 Å². The molecule has 29 heavy (non-hydrogen) atoms. The maximum absolute atomic E-state index is 13.4. The fourth-order valence-electron chi connectivity index (χ4n) is 3.57. The number of hydrogen-bond acceptors (Lipinski definition) is 5. The molecule has 0 amide bonds. The van der Waals surface area contributed by atoms with Gasteiger partial charge in [-0.15, -0.1) is 0 Å². The van der Waals surface area contributed by atoms with Gasteiger partial charge in [-0.1, -0.05) is 12.1 Å². The van der Waals surface area contributed by atoms with Crippen LogP contribution in [0.25, 0.3) is 0 Å². The molecule has 158 valence electrons. The zero-order valence-electron chi connectivity index (χ0n) is 17.1. The average Bonchev–Trinajstić information content (AvgIpc) is 2.70. The van der Waals surface area contributed by atoms with Crippen LogP contribution in [0.3, 0.4) is 0 Å². The lowest BCUT2D eigenvalue weighted by Gasteiger charge is -2.38. The third kappa shape index (κ3) is 5.33. The number of hydrogen-bond donors (Lipinski definition) is 1. The van der Waals surface area contributed by atoms with Crippen molar-refractivity contribution in [2.24, 2.45) is 0 Å². The first kappa shape index (κ1) is 21.7. The molecule has 1 fully saturated rings. The van der Waals surface area contributed by atoms with Crippen LogP contribution in [0, 0.1) is 12.7 Å². The Kier molecular flexibility index (Phi) is 6.89. The van der Waals surface area contributed by atoms with E-state index in [0.29, 0.717) is 5.75 Å². The highest BCUT2D eigenvalue weighted by Crippen LogP contribution is 2.24. The molecule has 2 aromatic rings. The van der Waals surface area contributed by atoms with E-state index >= 15 is 0 Å². The molecule has 1 aliphatic heterocycles. The summed E-state index contributed by atoms with van der Waals surface area (Å²) >= 11 is 0. The van der Waals surface area contributed by atoms with Crippen LogP contribution in [0.1, 0.15) is 17.2 Å². The average molecular weight is 422 g/mol. The van der Waals surface area contributed by atoms with Crippen LogP contribution in [0.2, 0.25) is 0 Å². The number of halogens is 1. The van der Waals surface area contributed by atoms with Crippen LogP contribution in [-0.4, -0.2) is 65.1 Å². The minimum absolute atomic E-state index is 0.168. The molecule has 0 saturated carbocycles. The van der Waals surface area contributed by atoms with Crippen molar-refractivity contribution in [1.29, 1.82) is 0 Å². The van der Waals surface area contributed by atoms with Crippen molar-refractivity contribution in [2.45, 2.75) is 17.9 Å². The fourth-order valence-corrected chi connectivity index (χ4v) is 4.69. The van der Waals surface area contributed by atoms with Gasteiger partial charge in [0.2, 0.25) is 10.0 Å². The monoisotopic (exact) mass is 421 g/mol. The second-order valence-electron chi connectivity index (χ2n) is 7.39. The van der Waals surface area contributed by atoms with Crippen molar-refractivity contribution in [2.75, 3.05) is 46.9 Å². The lowest BCUT2D eigenvalue weighted by molar-refractivity contribution is 0.113. The van der Waals surface area contributed by atoms with Crippen LogP contribution in [-0.2, 0) is 10.0 Å². The Hall–Kier alpha value is -2.00. The lowest BCUT2D eigenvalue weighted by atomic mass is 10.0. The molecule has 1 heterocycles. The van der Waals surface area contributed by atoms with Crippen LogP contribution in [0.4, 0.5) is 4.39 Å². The van der Waals surface area contributed by atoms with E-state index in [1.807, 2.05) is 6.92 Å². The molecular weight excluding hydrogens is 393 g/mol. The van der Waals surface area contributed by atoms with Gasteiger partial charge in [-0.25, -0.2) is 17.5 Å². The molecular formula is C21H28FN3O3S. The number of ether oxygens (including phenoxy) is 1. The van der Waals surface area contributed by atoms with E-state index in [-0.39, 0.29) is 23.3 Å². The summed E-state index contributed by atoms with van der Waals surface area (Å²) in [6.45, 7) is 5.47. The zero-order valence-corrected chi connectivity index (χ0v) is 17.9. The number of methoxy groups -OCH3 is 1. The predicted molar refractivity (Wildman–Crippen MR) is 111 cm³/mol. The number of likely N-dealkylation sites (N-methyl/N-ethyl adjacent to an activating group) is 1. The Morgan fingerprint density at radius 3 is 2.34 bits per heavy atom. The maximum Gasteiger partial charge on any atom is 0.240 e. The van der Waals surface area contributed by atoms with Gasteiger partial charge in [0.1, 0.15) is 11.6 Å². The molecule has 1 saturated heterocycles. The second kappa shape index (κ2) is 9.21. The third-order valence-electron chi connectivity index (χ3n) is 5.38. The summed E-state index contributed by atoms with van der Waals surface area (Å²) in [5, 5.41) is 0. The summed E-state index contributed by atoms with van der Waals surface area (Å²) < 4.78 is 47.1. The first-order chi connectivity index (χ1) is 13.8. The lowest BCUT2D eigenvalue weighted by Crippen LogP contribution is -2.48. The van der Waals surface area contributed by atoms with Gasteiger partial charge < -0.3 is 9.64 Å². The molecule has 1 unspecified atom stereocenters. The highest BCUT2D eigenvalue weighted by molar-refractivity contribution is 7.89. The number of rotatable bonds is 7. The molecule has 8 heteroatoms. The molecule has 1 aliphatic rings. The van der Waals surface area contributed by atoms with Crippen molar-refractivity contribution in [3.8, 4) is 5.75 Å². The first-order valence-electron chi connectivity index (χ1n) is 9.62. The van der Waals surface area contributed by atoms with Crippen LogP contribution < -0.4 is 9.46 Å². The van der Waals surface area contributed by atoms with E-state index < -0.39 is 10.0 Å². The van der Waals surface area contributed by atoms with Crippen LogP contribution in [0.15, 0.2) is 47.4 Å². The number of benzene rings is 2. The molecule has 0 aliphatic carbocycles. The number of sulfonamides is 1. The molecule has 1 atom stereocenters. The van der Waals surface area contributed by atoms with E-state index in [1.165, 1.54) is 18.2 Å². The van der Waals surface area contributed by atoms with Gasteiger partial charge in [0.05, 0.1) is 12.0 Å². The van der Waals surface area contributed by atoms with Gasteiger partial charge in [0.25, 0.3) is 0 Å². The smallest absolute Gasteiger partial charge is 0.240 e. The molecule has 6 nitrogen and oxygen atoms in total. The van der Waals surface area contributed by atoms with Crippen molar-refractivity contribution < 1.29 is 17.5 Å². The van der Waals surface area contributed by atoms with Gasteiger partial charge >= 0.3 is 0 Å². The number of nitrogens with zero attached hydrogens (tertiary/aromatic N) is 2. The van der Waals surface area contributed by atoms with E-state index in [0.717, 1.165) is 37.3 Å². The van der Waals surface area contributed by atoms with Crippen LogP contribution in [0.5, 0.6) is 5.75 Å². The SMILES string of the molecule is COc1ccc(S(=O)(=O)NCC(c2ccc(F)cc2)N2CCN(C)CC2)cc1C. The van der Waals surface area contributed by atoms with Gasteiger partial charge in [0, 0.05) is 38.8 Å². The Morgan fingerprint density at radius 2 is 1.76 bits per heavy atom. The molecule has 0 bridgehead atoms. The number of aryl methyl sites for hydroxylation is 1. The van der Waals surface area contributed by atoms with Gasteiger partial charge in [0.15, 0.2) is 0 Å². The standard InChI is InChI=1S/C21H28FN3O3S/c1-16-14-19(8-9-21(16)28-3)29(26,27)23-15-20(17-4-6-18(22)7-5-17)25-12-10-24(2)11-13-25/h4-9,14,20,23H,10-13,15H2,1-3H3. The summed E-state index contributed by atoms with van der Waals surface area (Å²) in [4.78, 5) is 4.68. The second-order valence-corrected chi connectivity index (χ2v) is 9.16. The van der Waals surface area contributed by atoms with Gasteiger partial charge in [-0.05, 0) is 55.4 Å². The molecule has 0 spiro atoms. The third-order valence-corrected chi connectivity index (χ3v) is 6.80. The maximum atomic E-state index is 13.4. The van der Waals surface area contributed by atoms with Crippen molar-refractivity contribution in [3.63, 3.8) is 0 Å². The van der Waals surface area contributed by atoms with Gasteiger partial charge in [-0.3, -0.25) is 4.90 Å². The summed E-state index contributed by atoms with van der Waals surface area (Å²) in [5.41, 5.74) is 1.65. The highest BCUT2D eigenvalue weighted by Gasteiger charge is 2.26. The summed E-state index contributed by atoms with van der Waals surface area (Å²) in [6, 6.07) is 10.9.